The molecule has 3 heteroatoms. The van der Waals surface area contributed by atoms with Crippen LogP contribution in [-0.2, 0) is 14.3 Å². The zero-order valence-corrected chi connectivity index (χ0v) is 7.55. The van der Waals surface area contributed by atoms with Gasteiger partial charge < -0.3 is 9.53 Å². The maximum atomic E-state index is 11.2. The highest BCUT2D eigenvalue weighted by Gasteiger charge is 2.39. The molecule has 1 aliphatic heterocycles. The van der Waals surface area contributed by atoms with Gasteiger partial charge in [0.25, 0.3) is 0 Å². The Hall–Kier alpha value is -0.860. The number of carbonyl (C=O) groups excluding carboxylic acids is 2. The topological polar surface area (TPSA) is 43.4 Å². The van der Waals surface area contributed by atoms with Crippen LogP contribution in [0.15, 0.2) is 0 Å². The second-order valence-electron chi connectivity index (χ2n) is 3.65. The summed E-state index contributed by atoms with van der Waals surface area (Å²) in [6.45, 7) is 3.92. The number of ketones is 1. The summed E-state index contributed by atoms with van der Waals surface area (Å²) in [4.78, 5) is 21.9. The molecule has 0 N–H and O–H groups in total. The second kappa shape index (κ2) is 3.25. The Bertz CT molecular complexity index is 210. The van der Waals surface area contributed by atoms with Crippen molar-refractivity contribution in [1.29, 1.82) is 0 Å². The molecule has 0 aromatic carbocycles. The van der Waals surface area contributed by atoms with Crippen LogP contribution in [0.3, 0.4) is 0 Å². The third kappa shape index (κ3) is 1.84. The number of carbonyl (C=O) groups is 2. The number of hydrogen-bond donors (Lipinski definition) is 0. The maximum absolute atomic E-state index is 11.2. The number of ether oxygens (including phenoxy) is 1. The molecule has 0 aliphatic carbocycles. The van der Waals surface area contributed by atoms with Gasteiger partial charge in [0.1, 0.15) is 5.78 Å². The highest BCUT2D eigenvalue weighted by Crippen LogP contribution is 2.34. The van der Waals surface area contributed by atoms with Crippen LogP contribution in [0.5, 0.6) is 0 Å². The first-order valence-corrected chi connectivity index (χ1v) is 4.21. The van der Waals surface area contributed by atoms with E-state index in [2.05, 4.69) is 0 Å². The Morgan fingerprint density at radius 1 is 1.67 bits per heavy atom. The lowest BCUT2D eigenvalue weighted by molar-refractivity contribution is -0.145. The standard InChI is InChI=1S/C9H14O3/c1-7(10)3-4-9(2)5-6-12-8(9)11/h3-6H2,1-2H3. The molecule has 0 aromatic rings. The molecular weight excluding hydrogens is 156 g/mol. The van der Waals surface area contributed by atoms with Crippen molar-refractivity contribution in [2.24, 2.45) is 5.41 Å². The fraction of sp³-hybridized carbons (Fsp3) is 0.778. The molecule has 1 atom stereocenters. The van der Waals surface area contributed by atoms with Crippen molar-refractivity contribution in [3.8, 4) is 0 Å². The first kappa shape index (κ1) is 9.23. The van der Waals surface area contributed by atoms with Crippen molar-refractivity contribution in [2.45, 2.75) is 33.1 Å². The minimum absolute atomic E-state index is 0.135. The lowest BCUT2D eigenvalue weighted by atomic mass is 9.84. The molecule has 12 heavy (non-hydrogen) atoms. The van der Waals surface area contributed by atoms with Crippen LogP contribution in [0, 0.1) is 5.41 Å². The van der Waals surface area contributed by atoms with E-state index in [1.54, 1.807) is 6.92 Å². The van der Waals surface area contributed by atoms with Crippen molar-refractivity contribution in [1.82, 2.24) is 0 Å². The van der Waals surface area contributed by atoms with Gasteiger partial charge in [-0.3, -0.25) is 4.79 Å². The third-order valence-electron chi connectivity index (χ3n) is 2.41. The van der Waals surface area contributed by atoms with Gasteiger partial charge in [0.2, 0.25) is 0 Å². The highest BCUT2D eigenvalue weighted by atomic mass is 16.5. The summed E-state index contributed by atoms with van der Waals surface area (Å²) in [5, 5.41) is 0. The molecule has 0 aromatic heterocycles. The normalized spacial score (nSPS) is 28.7. The molecule has 0 amide bonds. The van der Waals surface area contributed by atoms with Gasteiger partial charge in [0.15, 0.2) is 0 Å². The van der Waals surface area contributed by atoms with Gasteiger partial charge >= 0.3 is 5.97 Å². The van der Waals surface area contributed by atoms with Gasteiger partial charge in [-0.1, -0.05) is 0 Å². The molecule has 1 rings (SSSR count). The Morgan fingerprint density at radius 2 is 2.33 bits per heavy atom. The molecular formula is C9H14O3. The fourth-order valence-corrected chi connectivity index (χ4v) is 1.32. The molecule has 0 bridgehead atoms. The molecule has 0 saturated carbocycles. The van der Waals surface area contributed by atoms with Crippen molar-refractivity contribution < 1.29 is 14.3 Å². The van der Waals surface area contributed by atoms with Gasteiger partial charge in [0.05, 0.1) is 12.0 Å². The van der Waals surface area contributed by atoms with Crippen LogP contribution in [0.25, 0.3) is 0 Å². The van der Waals surface area contributed by atoms with Gasteiger partial charge in [-0.05, 0) is 26.7 Å². The molecule has 0 spiro atoms. The third-order valence-corrected chi connectivity index (χ3v) is 2.41. The van der Waals surface area contributed by atoms with Crippen molar-refractivity contribution >= 4 is 11.8 Å². The van der Waals surface area contributed by atoms with E-state index >= 15 is 0 Å². The molecule has 1 saturated heterocycles. The van der Waals surface area contributed by atoms with Gasteiger partial charge in [-0.15, -0.1) is 0 Å². The zero-order chi connectivity index (χ0) is 9.19. The minimum atomic E-state index is -0.397. The SMILES string of the molecule is CC(=O)CCC1(C)CCOC1=O. The largest absolute Gasteiger partial charge is 0.465 e. The number of hydrogen-bond acceptors (Lipinski definition) is 3. The van der Waals surface area contributed by atoms with Gasteiger partial charge in [-0.2, -0.15) is 0 Å². The van der Waals surface area contributed by atoms with E-state index in [1.807, 2.05) is 6.92 Å². The van der Waals surface area contributed by atoms with Gasteiger partial charge in [0, 0.05) is 6.42 Å². The Morgan fingerprint density at radius 3 is 2.75 bits per heavy atom. The van der Waals surface area contributed by atoms with Crippen LogP contribution in [0.2, 0.25) is 0 Å². The lowest BCUT2D eigenvalue weighted by Crippen LogP contribution is -2.22. The van der Waals surface area contributed by atoms with E-state index in [0.29, 0.717) is 19.4 Å². The Balaban J connectivity index is 2.48. The summed E-state index contributed by atoms with van der Waals surface area (Å²) < 4.78 is 4.85. The smallest absolute Gasteiger partial charge is 0.311 e. The minimum Gasteiger partial charge on any atom is -0.465 e. The van der Waals surface area contributed by atoms with Crippen LogP contribution in [-0.4, -0.2) is 18.4 Å². The van der Waals surface area contributed by atoms with E-state index in [0.717, 1.165) is 6.42 Å². The maximum Gasteiger partial charge on any atom is 0.311 e. The van der Waals surface area contributed by atoms with Gasteiger partial charge in [-0.25, -0.2) is 0 Å². The summed E-state index contributed by atoms with van der Waals surface area (Å²) in [5.74, 6) is -0.0142. The summed E-state index contributed by atoms with van der Waals surface area (Å²) in [5.41, 5.74) is -0.397. The van der Waals surface area contributed by atoms with E-state index in [9.17, 15) is 9.59 Å². The van der Waals surface area contributed by atoms with E-state index in [1.165, 1.54) is 0 Å². The van der Waals surface area contributed by atoms with Crippen LogP contribution in [0.1, 0.15) is 33.1 Å². The number of cyclic esters (lactones) is 1. The molecule has 3 nitrogen and oxygen atoms in total. The van der Waals surface area contributed by atoms with Crippen molar-refractivity contribution in [3.05, 3.63) is 0 Å². The zero-order valence-electron chi connectivity index (χ0n) is 7.55. The monoisotopic (exact) mass is 170 g/mol. The van der Waals surface area contributed by atoms with E-state index in [4.69, 9.17) is 4.74 Å². The van der Waals surface area contributed by atoms with Crippen molar-refractivity contribution in [3.63, 3.8) is 0 Å². The fourth-order valence-electron chi connectivity index (χ4n) is 1.32. The quantitative estimate of drug-likeness (QED) is 0.600. The molecule has 0 radical (unpaired) electrons. The van der Waals surface area contributed by atoms with E-state index in [-0.39, 0.29) is 11.8 Å². The Kier molecular flexibility index (Phi) is 2.50. The molecule has 1 heterocycles. The Labute approximate surface area is 72.1 Å². The number of Topliss-reactive ketones (excluding diaryl/α,β-unsaturated/α-hetero) is 1. The molecule has 1 fully saturated rings. The highest BCUT2D eigenvalue weighted by molar-refractivity contribution is 5.80. The van der Waals surface area contributed by atoms with E-state index < -0.39 is 5.41 Å². The first-order chi connectivity index (χ1) is 5.54. The summed E-state index contributed by atoms with van der Waals surface area (Å²) in [6, 6.07) is 0. The average Bonchev–Trinajstić information content (AvgIpc) is 2.30. The number of esters is 1. The average molecular weight is 170 g/mol. The molecule has 1 aliphatic rings. The van der Waals surface area contributed by atoms with Crippen molar-refractivity contribution in [2.75, 3.05) is 6.61 Å². The van der Waals surface area contributed by atoms with Crippen LogP contribution >= 0.6 is 0 Å². The van der Waals surface area contributed by atoms with Crippen LogP contribution in [0.4, 0.5) is 0 Å². The summed E-state index contributed by atoms with van der Waals surface area (Å²) >= 11 is 0. The molecule has 68 valence electrons. The lowest BCUT2D eigenvalue weighted by Gasteiger charge is -2.16. The molecule has 1 unspecified atom stereocenters. The second-order valence-corrected chi connectivity index (χ2v) is 3.65. The summed E-state index contributed by atoms with van der Waals surface area (Å²) in [7, 11) is 0. The first-order valence-electron chi connectivity index (χ1n) is 4.21. The number of rotatable bonds is 3. The van der Waals surface area contributed by atoms with Crippen LogP contribution < -0.4 is 0 Å². The predicted molar refractivity (Wildman–Crippen MR) is 43.6 cm³/mol. The predicted octanol–water partition coefficient (Wildman–Crippen LogP) is 1.31. The summed E-state index contributed by atoms with van der Waals surface area (Å²) in [6.07, 6.45) is 1.85.